The molecule has 0 bridgehead atoms. The third-order valence-electron chi connectivity index (χ3n) is 3.98. The summed E-state index contributed by atoms with van der Waals surface area (Å²) < 4.78 is 0. The standard InChI is InChI=1S/C14H21N3OS/c1-15-13(19)14(11-6-5-9-16-10-11)8-4-3-7-12(14)17-18-2/h5-6,9-10,12,17H,3-4,7-8H2,1-2H3,(H,15,19). The van der Waals surface area contributed by atoms with Gasteiger partial charge in [-0.15, -0.1) is 0 Å². The Balaban J connectivity index is 2.46. The Labute approximate surface area is 119 Å². The fourth-order valence-corrected chi connectivity index (χ4v) is 3.43. The van der Waals surface area contributed by atoms with Gasteiger partial charge in [0.15, 0.2) is 0 Å². The van der Waals surface area contributed by atoms with E-state index in [4.69, 9.17) is 17.1 Å². The van der Waals surface area contributed by atoms with Crippen molar-refractivity contribution < 1.29 is 4.84 Å². The van der Waals surface area contributed by atoms with Crippen molar-refractivity contribution in [1.29, 1.82) is 0 Å². The number of hydroxylamine groups is 1. The van der Waals surface area contributed by atoms with Crippen LogP contribution in [0.15, 0.2) is 24.5 Å². The van der Waals surface area contributed by atoms with Crippen molar-refractivity contribution in [2.24, 2.45) is 0 Å². The van der Waals surface area contributed by atoms with Crippen LogP contribution in [-0.4, -0.2) is 30.2 Å². The van der Waals surface area contributed by atoms with Gasteiger partial charge in [0.05, 0.1) is 17.5 Å². The lowest BCUT2D eigenvalue weighted by atomic mass is 9.66. The van der Waals surface area contributed by atoms with Crippen LogP contribution < -0.4 is 10.8 Å². The Hall–Kier alpha value is -1.04. The van der Waals surface area contributed by atoms with Gasteiger partial charge in [0.1, 0.15) is 0 Å². The first-order valence-corrected chi connectivity index (χ1v) is 7.07. The SMILES string of the molecule is CNC(=S)C1(c2cccnc2)CCCCC1NOC. The zero-order chi connectivity index (χ0) is 13.7. The lowest BCUT2D eigenvalue weighted by Crippen LogP contribution is -2.57. The molecule has 19 heavy (non-hydrogen) atoms. The second-order valence-corrected chi connectivity index (χ2v) is 5.32. The molecule has 4 nitrogen and oxygen atoms in total. The van der Waals surface area contributed by atoms with Gasteiger partial charge in [-0.3, -0.25) is 4.98 Å². The molecule has 1 aliphatic carbocycles. The molecule has 1 fully saturated rings. The lowest BCUT2D eigenvalue weighted by Gasteiger charge is -2.44. The molecule has 1 heterocycles. The zero-order valence-electron chi connectivity index (χ0n) is 11.5. The first-order chi connectivity index (χ1) is 9.25. The molecule has 1 aliphatic rings. The second kappa shape index (κ2) is 6.41. The number of hydrogen-bond acceptors (Lipinski definition) is 4. The van der Waals surface area contributed by atoms with E-state index in [1.165, 1.54) is 12.8 Å². The maximum absolute atomic E-state index is 5.63. The molecular weight excluding hydrogens is 258 g/mol. The number of nitrogens with zero attached hydrogens (tertiary/aromatic N) is 1. The van der Waals surface area contributed by atoms with E-state index in [0.29, 0.717) is 0 Å². The highest BCUT2D eigenvalue weighted by Crippen LogP contribution is 2.40. The topological polar surface area (TPSA) is 46.2 Å². The Morgan fingerprint density at radius 3 is 3.00 bits per heavy atom. The highest BCUT2D eigenvalue weighted by atomic mass is 32.1. The van der Waals surface area contributed by atoms with Crippen molar-refractivity contribution in [3.05, 3.63) is 30.1 Å². The molecule has 0 aromatic carbocycles. The minimum absolute atomic E-state index is 0.176. The van der Waals surface area contributed by atoms with E-state index in [0.717, 1.165) is 23.4 Å². The van der Waals surface area contributed by atoms with Crippen LogP contribution in [0.2, 0.25) is 0 Å². The van der Waals surface area contributed by atoms with Crippen molar-refractivity contribution in [3.63, 3.8) is 0 Å². The van der Waals surface area contributed by atoms with E-state index in [1.807, 2.05) is 19.3 Å². The summed E-state index contributed by atoms with van der Waals surface area (Å²) in [6.07, 6.45) is 8.12. The van der Waals surface area contributed by atoms with Gasteiger partial charge in [0, 0.05) is 25.5 Å². The molecule has 1 aromatic heterocycles. The molecule has 2 unspecified atom stereocenters. The van der Waals surface area contributed by atoms with E-state index in [2.05, 4.69) is 21.8 Å². The van der Waals surface area contributed by atoms with E-state index in [1.54, 1.807) is 13.3 Å². The maximum Gasteiger partial charge on any atom is 0.0875 e. The average molecular weight is 279 g/mol. The first kappa shape index (κ1) is 14.4. The smallest absolute Gasteiger partial charge is 0.0875 e. The Morgan fingerprint density at radius 1 is 1.53 bits per heavy atom. The van der Waals surface area contributed by atoms with E-state index >= 15 is 0 Å². The first-order valence-electron chi connectivity index (χ1n) is 6.67. The molecule has 2 N–H and O–H groups in total. The molecule has 104 valence electrons. The summed E-state index contributed by atoms with van der Waals surface area (Å²) in [5.74, 6) is 0. The molecule has 1 aromatic rings. The van der Waals surface area contributed by atoms with Crippen LogP contribution in [0.3, 0.4) is 0 Å². The van der Waals surface area contributed by atoms with E-state index in [9.17, 15) is 0 Å². The molecule has 0 amide bonds. The quantitative estimate of drug-likeness (QED) is 0.652. The third kappa shape index (κ3) is 2.63. The van der Waals surface area contributed by atoms with Crippen LogP contribution in [0, 0.1) is 0 Å². The number of rotatable bonds is 4. The summed E-state index contributed by atoms with van der Waals surface area (Å²) in [6, 6.07) is 4.25. The van der Waals surface area contributed by atoms with Gasteiger partial charge in [-0.2, -0.15) is 5.48 Å². The number of likely N-dealkylation sites (N-methyl/N-ethyl adjacent to an activating group) is 1. The van der Waals surface area contributed by atoms with Crippen LogP contribution in [0.4, 0.5) is 0 Å². The summed E-state index contributed by atoms with van der Waals surface area (Å²) in [4.78, 5) is 10.3. The van der Waals surface area contributed by atoms with E-state index in [-0.39, 0.29) is 11.5 Å². The Bertz CT molecular complexity index is 424. The van der Waals surface area contributed by atoms with Gasteiger partial charge in [-0.25, -0.2) is 0 Å². The average Bonchev–Trinajstić information content (AvgIpc) is 2.48. The Morgan fingerprint density at radius 2 is 2.37 bits per heavy atom. The van der Waals surface area contributed by atoms with Crippen LogP contribution in [0.1, 0.15) is 31.2 Å². The van der Waals surface area contributed by atoms with Gasteiger partial charge < -0.3 is 10.2 Å². The minimum Gasteiger partial charge on any atom is -0.382 e. The molecular formula is C14H21N3OS. The number of hydrogen-bond donors (Lipinski definition) is 2. The Kier molecular flexibility index (Phi) is 4.85. The summed E-state index contributed by atoms with van der Waals surface area (Å²) >= 11 is 5.63. The molecule has 0 saturated heterocycles. The van der Waals surface area contributed by atoms with Gasteiger partial charge in [0.25, 0.3) is 0 Å². The summed E-state index contributed by atoms with van der Waals surface area (Å²) in [7, 11) is 3.55. The number of pyridine rings is 1. The second-order valence-electron chi connectivity index (χ2n) is 4.91. The van der Waals surface area contributed by atoms with Gasteiger partial charge >= 0.3 is 0 Å². The van der Waals surface area contributed by atoms with Crippen molar-refractivity contribution in [3.8, 4) is 0 Å². The van der Waals surface area contributed by atoms with Crippen LogP contribution >= 0.6 is 12.2 Å². The van der Waals surface area contributed by atoms with E-state index < -0.39 is 0 Å². The van der Waals surface area contributed by atoms with Gasteiger partial charge in [-0.1, -0.05) is 31.1 Å². The number of nitrogens with one attached hydrogen (secondary N) is 2. The molecule has 1 saturated carbocycles. The van der Waals surface area contributed by atoms with Gasteiger partial charge in [0.2, 0.25) is 0 Å². The monoisotopic (exact) mass is 279 g/mol. The number of thiocarbonyl (C=S) groups is 1. The third-order valence-corrected chi connectivity index (χ3v) is 4.55. The van der Waals surface area contributed by atoms with Gasteiger partial charge in [-0.05, 0) is 24.5 Å². The minimum atomic E-state index is -0.230. The fourth-order valence-electron chi connectivity index (χ4n) is 3.07. The highest BCUT2D eigenvalue weighted by molar-refractivity contribution is 7.80. The van der Waals surface area contributed by atoms with Crippen LogP contribution in [0.25, 0.3) is 0 Å². The summed E-state index contributed by atoms with van der Waals surface area (Å²) in [6.45, 7) is 0. The molecule has 0 radical (unpaired) electrons. The predicted octanol–water partition coefficient (Wildman–Crippen LogP) is 1.96. The summed E-state index contributed by atoms with van der Waals surface area (Å²) in [5.41, 5.74) is 4.06. The maximum atomic E-state index is 5.63. The largest absolute Gasteiger partial charge is 0.382 e. The highest BCUT2D eigenvalue weighted by Gasteiger charge is 2.45. The summed E-state index contributed by atoms with van der Waals surface area (Å²) in [5, 5.41) is 3.17. The van der Waals surface area contributed by atoms with Crippen molar-refractivity contribution in [2.75, 3.05) is 14.2 Å². The van der Waals surface area contributed by atoms with Crippen LogP contribution in [0.5, 0.6) is 0 Å². The molecule has 2 rings (SSSR count). The van der Waals surface area contributed by atoms with Crippen molar-refractivity contribution >= 4 is 17.2 Å². The predicted molar refractivity (Wildman–Crippen MR) is 80.0 cm³/mol. The van der Waals surface area contributed by atoms with Crippen LogP contribution in [-0.2, 0) is 10.3 Å². The molecule has 0 spiro atoms. The molecule has 0 aliphatic heterocycles. The fraction of sp³-hybridized carbons (Fsp3) is 0.571. The van der Waals surface area contributed by atoms with Crippen molar-refractivity contribution in [1.82, 2.24) is 15.8 Å². The lowest BCUT2D eigenvalue weighted by molar-refractivity contribution is 0.0305. The zero-order valence-corrected chi connectivity index (χ0v) is 12.3. The van der Waals surface area contributed by atoms with Crippen molar-refractivity contribution in [2.45, 2.75) is 37.1 Å². The molecule has 2 atom stereocenters. The normalized spacial score (nSPS) is 26.9. The number of aromatic nitrogens is 1. The molecule has 5 heteroatoms.